The van der Waals surface area contributed by atoms with Gasteiger partial charge in [0.15, 0.2) is 0 Å². The van der Waals surface area contributed by atoms with Crippen molar-refractivity contribution in [2.24, 2.45) is 5.73 Å². The third-order valence-electron chi connectivity index (χ3n) is 3.39. The lowest BCUT2D eigenvalue weighted by molar-refractivity contribution is 0.873. The molecular formula is C17H13BrClN. The molecule has 0 aliphatic carbocycles. The fourth-order valence-corrected chi connectivity index (χ4v) is 2.90. The molecule has 0 spiro atoms. The highest BCUT2D eigenvalue weighted by molar-refractivity contribution is 9.10. The van der Waals surface area contributed by atoms with Crippen molar-refractivity contribution < 1.29 is 0 Å². The third kappa shape index (κ3) is 2.73. The van der Waals surface area contributed by atoms with Crippen LogP contribution >= 0.6 is 27.5 Å². The van der Waals surface area contributed by atoms with Gasteiger partial charge in [0.05, 0.1) is 6.04 Å². The Morgan fingerprint density at radius 3 is 2.35 bits per heavy atom. The van der Waals surface area contributed by atoms with Crippen LogP contribution in [0.5, 0.6) is 0 Å². The number of nitrogens with two attached hydrogens (primary N) is 1. The van der Waals surface area contributed by atoms with E-state index in [1.165, 1.54) is 10.8 Å². The number of rotatable bonds is 2. The normalized spacial score (nSPS) is 12.6. The summed E-state index contributed by atoms with van der Waals surface area (Å²) in [6.07, 6.45) is 0. The van der Waals surface area contributed by atoms with Crippen molar-refractivity contribution in [2.45, 2.75) is 6.04 Å². The molecule has 1 unspecified atom stereocenters. The SMILES string of the molecule is NC(c1cccc(Cl)c1)c1ccc2cc(Br)ccc2c1. The largest absolute Gasteiger partial charge is 0.320 e. The lowest BCUT2D eigenvalue weighted by Gasteiger charge is -2.14. The molecule has 3 aromatic carbocycles. The minimum Gasteiger partial charge on any atom is -0.320 e. The van der Waals surface area contributed by atoms with E-state index in [9.17, 15) is 0 Å². The molecule has 0 aromatic heterocycles. The molecule has 0 bridgehead atoms. The minimum absolute atomic E-state index is 0.165. The summed E-state index contributed by atoms with van der Waals surface area (Å²) < 4.78 is 1.08. The Bertz CT molecular complexity index is 770. The van der Waals surface area contributed by atoms with Crippen molar-refractivity contribution >= 4 is 38.3 Å². The number of halogens is 2. The first kappa shape index (κ1) is 13.6. The van der Waals surface area contributed by atoms with Crippen LogP contribution in [0.2, 0.25) is 5.02 Å². The lowest BCUT2D eigenvalue weighted by atomic mass is 9.97. The molecule has 1 nitrogen and oxygen atoms in total. The molecule has 3 heteroatoms. The van der Waals surface area contributed by atoms with Gasteiger partial charge >= 0.3 is 0 Å². The molecule has 0 aliphatic rings. The van der Waals surface area contributed by atoms with Gasteiger partial charge in [0.25, 0.3) is 0 Å². The fraction of sp³-hybridized carbons (Fsp3) is 0.0588. The van der Waals surface area contributed by atoms with Crippen LogP contribution in [0.15, 0.2) is 65.1 Å². The summed E-state index contributed by atoms with van der Waals surface area (Å²) in [6.45, 7) is 0. The molecule has 20 heavy (non-hydrogen) atoms. The summed E-state index contributed by atoms with van der Waals surface area (Å²) in [4.78, 5) is 0. The van der Waals surface area contributed by atoms with Gasteiger partial charge in [-0.15, -0.1) is 0 Å². The molecule has 0 amide bonds. The third-order valence-corrected chi connectivity index (χ3v) is 4.12. The van der Waals surface area contributed by atoms with Crippen molar-refractivity contribution in [1.29, 1.82) is 0 Å². The quantitative estimate of drug-likeness (QED) is 0.669. The van der Waals surface area contributed by atoms with Gasteiger partial charge in [0.2, 0.25) is 0 Å². The van der Waals surface area contributed by atoms with Crippen LogP contribution in [0.4, 0.5) is 0 Å². The monoisotopic (exact) mass is 345 g/mol. The zero-order chi connectivity index (χ0) is 14.1. The van der Waals surface area contributed by atoms with Crippen LogP contribution < -0.4 is 5.73 Å². The van der Waals surface area contributed by atoms with Crippen LogP contribution in [0.1, 0.15) is 17.2 Å². The van der Waals surface area contributed by atoms with Gasteiger partial charge in [-0.3, -0.25) is 0 Å². The molecule has 0 saturated carbocycles. The van der Waals surface area contributed by atoms with E-state index in [0.29, 0.717) is 5.02 Å². The maximum atomic E-state index is 6.34. The van der Waals surface area contributed by atoms with Gasteiger partial charge in [-0.05, 0) is 52.2 Å². The summed E-state index contributed by atoms with van der Waals surface area (Å²) in [5, 5.41) is 3.09. The minimum atomic E-state index is -0.165. The van der Waals surface area contributed by atoms with Crippen molar-refractivity contribution in [1.82, 2.24) is 0 Å². The molecule has 0 fully saturated rings. The van der Waals surface area contributed by atoms with E-state index in [-0.39, 0.29) is 6.04 Å². The van der Waals surface area contributed by atoms with Gasteiger partial charge in [-0.2, -0.15) is 0 Å². The Balaban J connectivity index is 2.03. The number of hydrogen-bond donors (Lipinski definition) is 1. The molecule has 2 N–H and O–H groups in total. The molecule has 3 aromatic rings. The van der Waals surface area contributed by atoms with E-state index in [2.05, 4.69) is 46.3 Å². The highest BCUT2D eigenvalue weighted by Gasteiger charge is 2.10. The zero-order valence-electron chi connectivity index (χ0n) is 10.7. The smallest absolute Gasteiger partial charge is 0.0552 e. The molecular weight excluding hydrogens is 334 g/mol. The Labute approximate surface area is 131 Å². The van der Waals surface area contributed by atoms with Crippen LogP contribution in [0.25, 0.3) is 10.8 Å². The second-order valence-corrected chi connectivity index (χ2v) is 6.14. The van der Waals surface area contributed by atoms with E-state index in [0.717, 1.165) is 15.6 Å². The number of fused-ring (bicyclic) bond motifs is 1. The average Bonchev–Trinajstić information content (AvgIpc) is 2.46. The van der Waals surface area contributed by atoms with E-state index in [1.54, 1.807) is 0 Å². The van der Waals surface area contributed by atoms with E-state index in [1.807, 2.05) is 30.3 Å². The van der Waals surface area contributed by atoms with Gasteiger partial charge in [-0.1, -0.05) is 57.9 Å². The van der Waals surface area contributed by atoms with Gasteiger partial charge in [-0.25, -0.2) is 0 Å². The first-order chi connectivity index (χ1) is 9.63. The van der Waals surface area contributed by atoms with Gasteiger partial charge in [0, 0.05) is 9.50 Å². The van der Waals surface area contributed by atoms with Crippen LogP contribution in [0, 0.1) is 0 Å². The van der Waals surface area contributed by atoms with Crippen molar-refractivity contribution in [2.75, 3.05) is 0 Å². The summed E-state index contributed by atoms with van der Waals surface area (Å²) in [5.74, 6) is 0. The van der Waals surface area contributed by atoms with Crippen LogP contribution in [0.3, 0.4) is 0 Å². The topological polar surface area (TPSA) is 26.0 Å². The molecule has 0 radical (unpaired) electrons. The van der Waals surface area contributed by atoms with Crippen LogP contribution in [-0.2, 0) is 0 Å². The molecule has 3 rings (SSSR count). The Kier molecular flexibility index (Phi) is 3.79. The average molecular weight is 347 g/mol. The van der Waals surface area contributed by atoms with Crippen molar-refractivity contribution in [3.63, 3.8) is 0 Å². The first-order valence-corrected chi connectivity index (χ1v) is 7.51. The summed E-state index contributed by atoms with van der Waals surface area (Å²) >= 11 is 9.51. The van der Waals surface area contributed by atoms with E-state index >= 15 is 0 Å². The molecule has 100 valence electrons. The molecule has 0 heterocycles. The van der Waals surface area contributed by atoms with Crippen molar-refractivity contribution in [3.05, 3.63) is 81.3 Å². The first-order valence-electron chi connectivity index (χ1n) is 6.34. The highest BCUT2D eigenvalue weighted by atomic mass is 79.9. The van der Waals surface area contributed by atoms with E-state index < -0.39 is 0 Å². The molecule has 0 aliphatic heterocycles. The van der Waals surface area contributed by atoms with E-state index in [4.69, 9.17) is 17.3 Å². The van der Waals surface area contributed by atoms with Gasteiger partial charge in [0.1, 0.15) is 0 Å². The lowest BCUT2D eigenvalue weighted by Crippen LogP contribution is -2.11. The second-order valence-electron chi connectivity index (χ2n) is 4.78. The standard InChI is InChI=1S/C17H13BrClN/c18-15-7-6-11-8-14(5-4-12(11)9-15)17(20)13-2-1-3-16(19)10-13/h1-10,17H,20H2. The molecule has 0 saturated heterocycles. The zero-order valence-corrected chi connectivity index (χ0v) is 13.0. The number of benzene rings is 3. The van der Waals surface area contributed by atoms with Crippen LogP contribution in [-0.4, -0.2) is 0 Å². The maximum absolute atomic E-state index is 6.34. The number of hydrogen-bond acceptors (Lipinski definition) is 1. The summed E-state index contributed by atoms with van der Waals surface area (Å²) in [6, 6.07) is 20.1. The maximum Gasteiger partial charge on any atom is 0.0552 e. The summed E-state index contributed by atoms with van der Waals surface area (Å²) in [5.41, 5.74) is 8.45. The Morgan fingerprint density at radius 1 is 0.850 bits per heavy atom. The second kappa shape index (κ2) is 5.57. The van der Waals surface area contributed by atoms with Crippen molar-refractivity contribution in [3.8, 4) is 0 Å². The predicted molar refractivity (Wildman–Crippen MR) is 89.1 cm³/mol. The Morgan fingerprint density at radius 2 is 1.55 bits per heavy atom. The summed E-state index contributed by atoms with van der Waals surface area (Å²) in [7, 11) is 0. The highest BCUT2D eigenvalue weighted by Crippen LogP contribution is 2.26. The molecule has 1 atom stereocenters. The Hall–Kier alpha value is -1.35. The fourth-order valence-electron chi connectivity index (χ4n) is 2.32. The predicted octanol–water partition coefficient (Wildman–Crippen LogP) is 5.30. The van der Waals surface area contributed by atoms with Gasteiger partial charge < -0.3 is 5.73 Å².